The Morgan fingerprint density at radius 3 is 2.62 bits per heavy atom. The Morgan fingerprint density at radius 1 is 1.24 bits per heavy atom. The summed E-state index contributed by atoms with van der Waals surface area (Å²) in [5.74, 6) is 0. The Labute approximate surface area is 120 Å². The summed E-state index contributed by atoms with van der Waals surface area (Å²) in [6.45, 7) is 3.86. The molecule has 0 amide bonds. The van der Waals surface area contributed by atoms with Gasteiger partial charge < -0.3 is 5.32 Å². The SMILES string of the molecule is CC(C)n1cc(CNCc2ccnn2CC(F)(F)F)cn1. The first-order chi connectivity index (χ1) is 9.85. The van der Waals surface area contributed by atoms with Crippen molar-refractivity contribution in [1.29, 1.82) is 0 Å². The van der Waals surface area contributed by atoms with Gasteiger partial charge in [-0.05, 0) is 19.9 Å². The van der Waals surface area contributed by atoms with E-state index >= 15 is 0 Å². The average molecular weight is 301 g/mol. The molecular weight excluding hydrogens is 283 g/mol. The van der Waals surface area contributed by atoms with Gasteiger partial charge >= 0.3 is 6.18 Å². The van der Waals surface area contributed by atoms with Crippen molar-refractivity contribution in [2.45, 2.75) is 45.7 Å². The lowest BCUT2D eigenvalue weighted by Crippen LogP contribution is -2.23. The van der Waals surface area contributed by atoms with E-state index < -0.39 is 12.7 Å². The molecule has 8 heteroatoms. The molecule has 116 valence electrons. The highest BCUT2D eigenvalue weighted by molar-refractivity contribution is 5.05. The maximum atomic E-state index is 12.4. The third-order valence-electron chi connectivity index (χ3n) is 2.95. The lowest BCUT2D eigenvalue weighted by Gasteiger charge is -2.10. The number of hydrogen-bond acceptors (Lipinski definition) is 3. The van der Waals surface area contributed by atoms with E-state index in [9.17, 15) is 13.2 Å². The first-order valence-corrected chi connectivity index (χ1v) is 6.66. The number of nitrogens with one attached hydrogen (secondary N) is 1. The molecule has 0 fully saturated rings. The van der Waals surface area contributed by atoms with Crippen molar-refractivity contribution in [3.63, 3.8) is 0 Å². The highest BCUT2D eigenvalue weighted by Gasteiger charge is 2.29. The van der Waals surface area contributed by atoms with Crippen LogP contribution >= 0.6 is 0 Å². The number of rotatable bonds is 6. The van der Waals surface area contributed by atoms with Crippen molar-refractivity contribution in [3.05, 3.63) is 35.9 Å². The summed E-state index contributed by atoms with van der Waals surface area (Å²) in [5.41, 5.74) is 1.49. The first kappa shape index (κ1) is 15.6. The quantitative estimate of drug-likeness (QED) is 0.892. The predicted octanol–water partition coefficient (Wildman–Crippen LogP) is 2.51. The minimum atomic E-state index is -4.26. The van der Waals surface area contributed by atoms with Crippen LogP contribution < -0.4 is 5.32 Å². The monoisotopic (exact) mass is 301 g/mol. The maximum absolute atomic E-state index is 12.4. The van der Waals surface area contributed by atoms with Crippen molar-refractivity contribution in [1.82, 2.24) is 24.9 Å². The van der Waals surface area contributed by atoms with E-state index in [1.165, 1.54) is 6.20 Å². The van der Waals surface area contributed by atoms with Crippen LogP contribution in [0.1, 0.15) is 31.1 Å². The zero-order valence-corrected chi connectivity index (χ0v) is 11.9. The van der Waals surface area contributed by atoms with Gasteiger partial charge in [-0.1, -0.05) is 0 Å². The molecule has 0 aromatic carbocycles. The predicted molar refractivity (Wildman–Crippen MR) is 71.4 cm³/mol. The summed E-state index contributed by atoms with van der Waals surface area (Å²) >= 11 is 0. The van der Waals surface area contributed by atoms with Gasteiger partial charge in [0.25, 0.3) is 0 Å². The molecule has 0 unspecified atom stereocenters. The van der Waals surface area contributed by atoms with Crippen molar-refractivity contribution >= 4 is 0 Å². The second kappa shape index (κ2) is 6.30. The van der Waals surface area contributed by atoms with Crippen LogP contribution in [0.25, 0.3) is 0 Å². The molecule has 0 aliphatic heterocycles. The van der Waals surface area contributed by atoms with Crippen molar-refractivity contribution in [2.75, 3.05) is 0 Å². The van der Waals surface area contributed by atoms with Gasteiger partial charge in [-0.3, -0.25) is 9.36 Å². The molecule has 1 N–H and O–H groups in total. The molecule has 5 nitrogen and oxygen atoms in total. The topological polar surface area (TPSA) is 47.7 Å². The lowest BCUT2D eigenvalue weighted by molar-refractivity contribution is -0.143. The van der Waals surface area contributed by atoms with Gasteiger partial charge in [0.05, 0.1) is 11.9 Å². The third-order valence-corrected chi connectivity index (χ3v) is 2.95. The van der Waals surface area contributed by atoms with Crippen molar-refractivity contribution in [3.8, 4) is 0 Å². The summed E-state index contributed by atoms with van der Waals surface area (Å²) in [7, 11) is 0. The molecule has 0 atom stereocenters. The van der Waals surface area contributed by atoms with E-state index in [-0.39, 0.29) is 6.04 Å². The Morgan fingerprint density at radius 2 is 2.00 bits per heavy atom. The molecule has 0 bridgehead atoms. The van der Waals surface area contributed by atoms with Gasteiger partial charge in [0.1, 0.15) is 6.54 Å². The molecule has 0 saturated carbocycles. The van der Waals surface area contributed by atoms with E-state index in [0.29, 0.717) is 18.8 Å². The Hall–Kier alpha value is -1.83. The van der Waals surface area contributed by atoms with Crippen LogP contribution in [0.2, 0.25) is 0 Å². The molecule has 2 rings (SSSR count). The minimum absolute atomic E-state index is 0.284. The molecule has 2 aromatic rings. The van der Waals surface area contributed by atoms with Crippen LogP contribution in [0.5, 0.6) is 0 Å². The first-order valence-electron chi connectivity index (χ1n) is 6.66. The Bertz CT molecular complexity index is 570. The molecule has 2 aromatic heterocycles. The van der Waals surface area contributed by atoms with Gasteiger partial charge in [-0.2, -0.15) is 23.4 Å². The lowest BCUT2D eigenvalue weighted by atomic mass is 10.3. The second-order valence-corrected chi connectivity index (χ2v) is 5.12. The molecule has 0 aliphatic rings. The normalized spacial score (nSPS) is 12.3. The van der Waals surface area contributed by atoms with Crippen LogP contribution in [-0.4, -0.2) is 25.7 Å². The molecule has 0 aliphatic carbocycles. The Balaban J connectivity index is 1.87. The highest BCUT2D eigenvalue weighted by atomic mass is 19.4. The van der Waals surface area contributed by atoms with Crippen LogP contribution in [0, 0.1) is 0 Å². The average Bonchev–Trinajstić information content (AvgIpc) is 2.97. The molecule has 21 heavy (non-hydrogen) atoms. The maximum Gasteiger partial charge on any atom is 0.408 e. The third kappa shape index (κ3) is 4.59. The summed E-state index contributed by atoms with van der Waals surface area (Å²) in [6, 6.07) is 1.86. The zero-order chi connectivity index (χ0) is 15.5. The second-order valence-electron chi connectivity index (χ2n) is 5.12. The van der Waals surface area contributed by atoms with Crippen molar-refractivity contribution < 1.29 is 13.2 Å². The van der Waals surface area contributed by atoms with Gasteiger partial charge in [0.2, 0.25) is 0 Å². The van der Waals surface area contributed by atoms with Gasteiger partial charge in [0.15, 0.2) is 0 Å². The van der Waals surface area contributed by atoms with Crippen LogP contribution in [0.15, 0.2) is 24.7 Å². The molecule has 2 heterocycles. The zero-order valence-electron chi connectivity index (χ0n) is 11.9. The minimum Gasteiger partial charge on any atom is -0.307 e. The van der Waals surface area contributed by atoms with Crippen molar-refractivity contribution in [2.24, 2.45) is 0 Å². The largest absolute Gasteiger partial charge is 0.408 e. The van der Waals surface area contributed by atoms with E-state index in [0.717, 1.165) is 10.2 Å². The number of alkyl halides is 3. The number of nitrogens with zero attached hydrogens (tertiary/aromatic N) is 4. The number of hydrogen-bond donors (Lipinski definition) is 1. The fourth-order valence-corrected chi connectivity index (χ4v) is 1.91. The number of aromatic nitrogens is 4. The summed E-state index contributed by atoms with van der Waals surface area (Å²) in [5, 5.41) is 11.0. The standard InChI is InChI=1S/C13H18F3N5/c1-10(2)20-8-11(6-19-20)5-17-7-12-3-4-18-21(12)9-13(14,15)16/h3-4,6,8,10,17H,5,7,9H2,1-2H3. The van der Waals surface area contributed by atoms with E-state index in [4.69, 9.17) is 0 Å². The van der Waals surface area contributed by atoms with Crippen LogP contribution in [-0.2, 0) is 19.6 Å². The summed E-state index contributed by atoms with van der Waals surface area (Å²) < 4.78 is 39.9. The van der Waals surface area contributed by atoms with E-state index in [2.05, 4.69) is 15.5 Å². The fourth-order valence-electron chi connectivity index (χ4n) is 1.91. The Kier molecular flexibility index (Phi) is 4.66. The van der Waals surface area contributed by atoms with E-state index in [1.54, 1.807) is 12.3 Å². The molecule has 0 radical (unpaired) electrons. The van der Waals surface area contributed by atoms with E-state index in [1.807, 2.05) is 24.7 Å². The number of halogens is 3. The highest BCUT2D eigenvalue weighted by Crippen LogP contribution is 2.18. The van der Waals surface area contributed by atoms with Gasteiger partial charge in [0, 0.05) is 37.1 Å². The summed E-state index contributed by atoms with van der Waals surface area (Å²) in [4.78, 5) is 0. The summed E-state index contributed by atoms with van der Waals surface area (Å²) in [6.07, 6.45) is 0.781. The molecule has 0 spiro atoms. The molecular formula is C13H18F3N5. The van der Waals surface area contributed by atoms with Crippen LogP contribution in [0.4, 0.5) is 13.2 Å². The fraction of sp³-hybridized carbons (Fsp3) is 0.538. The smallest absolute Gasteiger partial charge is 0.307 e. The van der Waals surface area contributed by atoms with Gasteiger partial charge in [-0.25, -0.2) is 0 Å². The molecule has 0 saturated heterocycles. The van der Waals surface area contributed by atoms with Gasteiger partial charge in [-0.15, -0.1) is 0 Å². The van der Waals surface area contributed by atoms with Crippen LogP contribution in [0.3, 0.4) is 0 Å².